The van der Waals surface area contributed by atoms with Crippen LogP contribution in [-0.4, -0.2) is 36.0 Å². The van der Waals surface area contributed by atoms with Crippen LogP contribution in [0.4, 0.5) is 0 Å². The molecule has 4 N–H and O–H groups in total. The van der Waals surface area contributed by atoms with Gasteiger partial charge < -0.3 is 20.9 Å². The number of carboxylic acid groups (broad SMARTS) is 1. The number of carbonyl (C=O) groups is 3. The van der Waals surface area contributed by atoms with Gasteiger partial charge in [0.1, 0.15) is 11.8 Å². The Morgan fingerprint density at radius 2 is 1.90 bits per heavy atom. The molecular weight excluding hydrogens is 264 g/mol. The first-order chi connectivity index (χ1) is 9.42. The molecule has 108 valence electrons. The zero-order valence-corrected chi connectivity index (χ0v) is 11.0. The minimum absolute atomic E-state index is 0.00648. The number of hydrogen-bond donors (Lipinski definition) is 3. The molecule has 0 aliphatic heterocycles. The van der Waals surface area contributed by atoms with Crippen molar-refractivity contribution in [2.24, 2.45) is 5.73 Å². The number of nitrogens with one attached hydrogen (secondary N) is 1. The third-order valence-electron chi connectivity index (χ3n) is 2.56. The van der Waals surface area contributed by atoms with Crippen LogP contribution in [0.1, 0.15) is 12.0 Å². The van der Waals surface area contributed by atoms with Gasteiger partial charge >= 0.3 is 5.97 Å². The molecule has 0 spiro atoms. The van der Waals surface area contributed by atoms with Crippen LogP contribution < -0.4 is 15.8 Å². The summed E-state index contributed by atoms with van der Waals surface area (Å²) < 4.78 is 4.98. The highest BCUT2D eigenvalue weighted by atomic mass is 16.5. The maximum Gasteiger partial charge on any atom is 0.326 e. The fourth-order valence-electron chi connectivity index (χ4n) is 1.58. The van der Waals surface area contributed by atoms with Gasteiger partial charge in [-0.3, -0.25) is 9.59 Å². The van der Waals surface area contributed by atoms with Crippen LogP contribution in [0.5, 0.6) is 5.75 Å². The van der Waals surface area contributed by atoms with Gasteiger partial charge in [-0.25, -0.2) is 4.79 Å². The first-order valence-electron chi connectivity index (χ1n) is 5.85. The first-order valence-corrected chi connectivity index (χ1v) is 5.85. The van der Waals surface area contributed by atoms with E-state index in [0.717, 1.165) is 0 Å². The average Bonchev–Trinajstić information content (AvgIpc) is 2.38. The molecule has 0 unspecified atom stereocenters. The summed E-state index contributed by atoms with van der Waals surface area (Å²) in [5, 5.41) is 11.1. The van der Waals surface area contributed by atoms with Gasteiger partial charge in [-0.15, -0.1) is 0 Å². The van der Waals surface area contributed by atoms with Gasteiger partial charge in [-0.2, -0.15) is 0 Å². The molecule has 2 amide bonds. The molecule has 7 heteroatoms. The predicted octanol–water partition coefficient (Wildman–Crippen LogP) is -0.317. The molecule has 0 saturated carbocycles. The molecule has 1 atom stereocenters. The minimum Gasteiger partial charge on any atom is -0.497 e. The van der Waals surface area contributed by atoms with Crippen molar-refractivity contribution in [3.8, 4) is 5.75 Å². The number of hydrogen-bond acceptors (Lipinski definition) is 4. The van der Waals surface area contributed by atoms with E-state index in [1.807, 2.05) is 0 Å². The SMILES string of the molecule is COc1ccc(CC(=O)N[C@@H](CC(N)=O)C(=O)O)cc1. The highest BCUT2D eigenvalue weighted by Crippen LogP contribution is 2.11. The molecule has 1 rings (SSSR count). The summed E-state index contributed by atoms with van der Waals surface area (Å²) in [4.78, 5) is 33.3. The zero-order valence-electron chi connectivity index (χ0n) is 11.0. The van der Waals surface area contributed by atoms with Gasteiger partial charge in [-0.05, 0) is 17.7 Å². The van der Waals surface area contributed by atoms with Gasteiger partial charge in [0.25, 0.3) is 0 Å². The Morgan fingerprint density at radius 3 is 2.35 bits per heavy atom. The van der Waals surface area contributed by atoms with E-state index in [0.29, 0.717) is 11.3 Å². The average molecular weight is 280 g/mol. The molecule has 0 saturated heterocycles. The van der Waals surface area contributed by atoms with E-state index >= 15 is 0 Å². The quantitative estimate of drug-likeness (QED) is 0.632. The fraction of sp³-hybridized carbons (Fsp3) is 0.308. The third kappa shape index (κ3) is 4.97. The molecule has 7 nitrogen and oxygen atoms in total. The monoisotopic (exact) mass is 280 g/mol. The molecule has 1 aromatic rings. The summed E-state index contributed by atoms with van der Waals surface area (Å²) in [5.41, 5.74) is 5.62. The highest BCUT2D eigenvalue weighted by Gasteiger charge is 2.21. The van der Waals surface area contributed by atoms with Crippen LogP contribution in [0.2, 0.25) is 0 Å². The smallest absolute Gasteiger partial charge is 0.326 e. The van der Waals surface area contributed by atoms with Crippen LogP contribution in [0.15, 0.2) is 24.3 Å². The lowest BCUT2D eigenvalue weighted by atomic mass is 10.1. The van der Waals surface area contributed by atoms with Crippen molar-refractivity contribution in [2.75, 3.05) is 7.11 Å². The Hall–Kier alpha value is -2.57. The standard InChI is InChI=1S/C13H16N2O5/c1-20-9-4-2-8(3-5-9)6-12(17)15-10(13(18)19)7-11(14)16/h2-5,10H,6-7H2,1H3,(H2,14,16)(H,15,17)(H,18,19)/t10-/m0/s1. The molecular formula is C13H16N2O5. The molecule has 0 heterocycles. The van der Waals surface area contributed by atoms with Crippen LogP contribution in [0.3, 0.4) is 0 Å². The van der Waals surface area contributed by atoms with E-state index in [1.165, 1.54) is 7.11 Å². The van der Waals surface area contributed by atoms with E-state index in [9.17, 15) is 14.4 Å². The number of primary amides is 1. The number of methoxy groups -OCH3 is 1. The summed E-state index contributed by atoms with van der Waals surface area (Å²) in [6.07, 6.45) is -0.434. The maximum atomic E-state index is 11.7. The molecule has 0 fully saturated rings. The van der Waals surface area contributed by atoms with Crippen LogP contribution >= 0.6 is 0 Å². The Bertz CT molecular complexity index is 498. The van der Waals surface area contributed by atoms with Gasteiger partial charge in [0.2, 0.25) is 11.8 Å². The lowest BCUT2D eigenvalue weighted by Crippen LogP contribution is -2.43. The van der Waals surface area contributed by atoms with E-state index in [1.54, 1.807) is 24.3 Å². The second-order valence-corrected chi connectivity index (χ2v) is 4.15. The number of benzene rings is 1. The lowest BCUT2D eigenvalue weighted by Gasteiger charge is -2.12. The summed E-state index contributed by atoms with van der Waals surface area (Å²) in [6, 6.07) is 5.48. The number of aliphatic carboxylic acids is 1. The topological polar surface area (TPSA) is 119 Å². The predicted molar refractivity (Wildman–Crippen MR) is 70.1 cm³/mol. The Morgan fingerprint density at radius 1 is 1.30 bits per heavy atom. The Labute approximate surface area is 115 Å². The van der Waals surface area contributed by atoms with Crippen molar-refractivity contribution >= 4 is 17.8 Å². The van der Waals surface area contributed by atoms with Crippen LogP contribution in [0.25, 0.3) is 0 Å². The van der Waals surface area contributed by atoms with Crippen molar-refractivity contribution in [1.82, 2.24) is 5.32 Å². The number of nitrogens with two attached hydrogens (primary N) is 1. The molecule has 20 heavy (non-hydrogen) atoms. The van der Waals surface area contributed by atoms with E-state index in [-0.39, 0.29) is 6.42 Å². The normalized spacial score (nSPS) is 11.4. The van der Waals surface area contributed by atoms with Crippen LogP contribution in [-0.2, 0) is 20.8 Å². The number of ether oxygens (including phenoxy) is 1. The van der Waals surface area contributed by atoms with Crippen molar-refractivity contribution in [3.05, 3.63) is 29.8 Å². The van der Waals surface area contributed by atoms with Gasteiger partial charge in [0.15, 0.2) is 0 Å². The van der Waals surface area contributed by atoms with Gasteiger partial charge in [-0.1, -0.05) is 12.1 Å². The lowest BCUT2D eigenvalue weighted by molar-refractivity contribution is -0.143. The highest BCUT2D eigenvalue weighted by molar-refractivity contribution is 5.88. The van der Waals surface area contributed by atoms with E-state index < -0.39 is 30.2 Å². The molecule has 0 aliphatic rings. The van der Waals surface area contributed by atoms with Crippen molar-refractivity contribution in [3.63, 3.8) is 0 Å². The molecule has 0 bridgehead atoms. The summed E-state index contributed by atoms with van der Waals surface area (Å²) >= 11 is 0. The van der Waals surface area contributed by atoms with Gasteiger partial charge in [0.05, 0.1) is 20.0 Å². The molecule has 0 radical (unpaired) electrons. The maximum absolute atomic E-state index is 11.7. The molecule has 0 aliphatic carbocycles. The summed E-state index contributed by atoms with van der Waals surface area (Å²) in [5.74, 6) is -1.93. The van der Waals surface area contributed by atoms with Crippen molar-refractivity contribution in [1.29, 1.82) is 0 Å². The Kier molecular flexibility index (Phi) is 5.52. The van der Waals surface area contributed by atoms with Crippen molar-refractivity contribution in [2.45, 2.75) is 18.9 Å². The number of carbonyl (C=O) groups excluding carboxylic acids is 2. The van der Waals surface area contributed by atoms with Crippen molar-refractivity contribution < 1.29 is 24.2 Å². The summed E-state index contributed by atoms with van der Waals surface area (Å²) in [6.45, 7) is 0. The second kappa shape index (κ2) is 7.13. The zero-order chi connectivity index (χ0) is 15.1. The summed E-state index contributed by atoms with van der Waals surface area (Å²) in [7, 11) is 1.53. The first kappa shape index (κ1) is 15.5. The molecule has 0 aromatic heterocycles. The Balaban J connectivity index is 2.60. The number of carboxylic acids is 1. The van der Waals surface area contributed by atoms with Gasteiger partial charge in [0, 0.05) is 0 Å². The third-order valence-corrected chi connectivity index (χ3v) is 2.56. The minimum atomic E-state index is -1.31. The number of amides is 2. The number of rotatable bonds is 7. The molecule has 1 aromatic carbocycles. The second-order valence-electron chi connectivity index (χ2n) is 4.15. The largest absolute Gasteiger partial charge is 0.497 e. The fourth-order valence-corrected chi connectivity index (χ4v) is 1.58. The van der Waals surface area contributed by atoms with E-state index in [2.05, 4.69) is 5.32 Å². The van der Waals surface area contributed by atoms with Crippen LogP contribution in [0, 0.1) is 0 Å². The van der Waals surface area contributed by atoms with E-state index in [4.69, 9.17) is 15.6 Å².